The van der Waals surface area contributed by atoms with Gasteiger partial charge < -0.3 is 15.0 Å². The quantitative estimate of drug-likeness (QED) is 0.167. The van der Waals surface area contributed by atoms with Crippen molar-refractivity contribution in [2.45, 2.75) is 62.0 Å². The number of hydrogen-bond donors (Lipinski definition) is 1. The lowest BCUT2D eigenvalue weighted by Crippen LogP contribution is -2.55. The topological polar surface area (TPSA) is 96.0 Å². The molecule has 1 fully saturated rings. The highest BCUT2D eigenvalue weighted by Crippen LogP contribution is 2.28. The molecule has 0 aliphatic heterocycles. The predicted molar refractivity (Wildman–Crippen MR) is 185 cm³/mol. The summed E-state index contributed by atoms with van der Waals surface area (Å²) in [5.41, 5.74) is 1.19. The Morgan fingerprint density at radius 2 is 1.54 bits per heavy atom. The van der Waals surface area contributed by atoms with Crippen LogP contribution in [0, 0.1) is 5.82 Å². The van der Waals surface area contributed by atoms with Crippen LogP contribution < -0.4 is 14.4 Å². The largest absolute Gasteiger partial charge is 0.497 e. The average Bonchev–Trinajstić information content (AvgIpc) is 3.10. The summed E-state index contributed by atoms with van der Waals surface area (Å²) in [5.74, 6) is -1.12. The van der Waals surface area contributed by atoms with Gasteiger partial charge in [-0.3, -0.25) is 13.9 Å². The number of carbonyl (C=O) groups excluding carboxylic acids is 2. The van der Waals surface area contributed by atoms with Crippen LogP contribution in [0.25, 0.3) is 0 Å². The molecule has 0 aromatic heterocycles. The smallest absolute Gasteiger partial charge is 0.264 e. The number of hydrogen-bond acceptors (Lipinski definition) is 5. The van der Waals surface area contributed by atoms with Crippen molar-refractivity contribution in [3.63, 3.8) is 0 Å². The van der Waals surface area contributed by atoms with E-state index in [1.807, 2.05) is 30.3 Å². The van der Waals surface area contributed by atoms with Crippen LogP contribution >= 0.6 is 11.6 Å². The monoisotopic (exact) mass is 691 g/mol. The molecule has 0 bridgehead atoms. The zero-order valence-electron chi connectivity index (χ0n) is 26.7. The third-order valence-electron chi connectivity index (χ3n) is 8.56. The average molecular weight is 692 g/mol. The second kappa shape index (κ2) is 16.1. The Labute approximate surface area is 286 Å². The number of benzene rings is 4. The Morgan fingerprint density at radius 3 is 2.19 bits per heavy atom. The number of nitrogens with zero attached hydrogens (tertiary/aromatic N) is 2. The summed E-state index contributed by atoms with van der Waals surface area (Å²) in [6, 6.07) is 26.1. The van der Waals surface area contributed by atoms with Crippen LogP contribution in [0.5, 0.6) is 5.75 Å². The van der Waals surface area contributed by atoms with Gasteiger partial charge in [0.1, 0.15) is 24.2 Å². The first-order valence-electron chi connectivity index (χ1n) is 16.0. The fourth-order valence-corrected chi connectivity index (χ4v) is 7.46. The molecule has 1 atom stereocenters. The van der Waals surface area contributed by atoms with Gasteiger partial charge in [-0.25, -0.2) is 12.8 Å². The van der Waals surface area contributed by atoms with Crippen LogP contribution in [0.4, 0.5) is 10.1 Å². The summed E-state index contributed by atoms with van der Waals surface area (Å²) < 4.78 is 49.7. The van der Waals surface area contributed by atoms with Gasteiger partial charge in [0.15, 0.2) is 0 Å². The van der Waals surface area contributed by atoms with Crippen LogP contribution in [-0.4, -0.2) is 50.9 Å². The maximum absolute atomic E-state index is 15.1. The van der Waals surface area contributed by atoms with Crippen molar-refractivity contribution in [2.24, 2.45) is 0 Å². The van der Waals surface area contributed by atoms with Crippen LogP contribution in [-0.2, 0) is 32.6 Å². The molecule has 4 aromatic rings. The maximum Gasteiger partial charge on any atom is 0.264 e. The summed E-state index contributed by atoms with van der Waals surface area (Å²) in [6.07, 6.45) is 4.88. The van der Waals surface area contributed by atoms with Crippen molar-refractivity contribution in [1.82, 2.24) is 10.2 Å². The van der Waals surface area contributed by atoms with Crippen molar-refractivity contribution < 1.29 is 27.1 Å². The van der Waals surface area contributed by atoms with E-state index < -0.39 is 34.3 Å². The highest BCUT2D eigenvalue weighted by atomic mass is 35.5. The summed E-state index contributed by atoms with van der Waals surface area (Å²) in [6.45, 7) is -0.912. The van der Waals surface area contributed by atoms with Crippen molar-refractivity contribution in [3.8, 4) is 5.75 Å². The van der Waals surface area contributed by atoms with E-state index in [4.69, 9.17) is 16.3 Å². The SMILES string of the molecule is COc1ccc(S(=O)(=O)N(CC(=O)N(Cc2ccccc2F)[C@H](Cc2ccccc2)C(=O)NC2CCCCC2)c2ccc(Cl)cc2)cc1. The van der Waals surface area contributed by atoms with Crippen molar-refractivity contribution in [2.75, 3.05) is 18.0 Å². The molecular weight excluding hydrogens is 653 g/mol. The van der Waals surface area contributed by atoms with Crippen molar-refractivity contribution in [1.29, 1.82) is 0 Å². The standard InChI is InChI=1S/C37H39ClFN3O5S/c1-47-32-20-22-33(23-21-32)48(45,46)42(31-18-16-29(38)17-19-31)26-36(43)41(25-28-12-8-9-15-34(28)39)35(24-27-10-4-2-5-11-27)37(44)40-30-13-6-3-7-14-30/h2,4-5,8-12,15-23,30,35H,3,6-7,13-14,24-26H2,1H3,(H,40,44)/t35-/m1/s1. The molecule has 1 aliphatic carbocycles. The van der Waals surface area contributed by atoms with Crippen LogP contribution in [0.1, 0.15) is 43.2 Å². The predicted octanol–water partition coefficient (Wildman–Crippen LogP) is 6.77. The number of nitrogens with one attached hydrogen (secondary N) is 1. The molecule has 1 saturated carbocycles. The van der Waals surface area contributed by atoms with E-state index in [0.717, 1.165) is 42.0 Å². The van der Waals surface area contributed by atoms with Gasteiger partial charge in [0, 0.05) is 29.6 Å². The highest BCUT2D eigenvalue weighted by Gasteiger charge is 2.35. The first kappa shape index (κ1) is 34.9. The van der Waals surface area contributed by atoms with E-state index in [0.29, 0.717) is 10.8 Å². The van der Waals surface area contributed by atoms with Gasteiger partial charge in [0.25, 0.3) is 10.0 Å². The lowest BCUT2D eigenvalue weighted by atomic mass is 9.94. The molecule has 8 nitrogen and oxygen atoms in total. The number of amides is 2. The molecule has 5 rings (SSSR count). The number of anilines is 1. The number of methoxy groups -OCH3 is 1. The normalized spacial score (nSPS) is 14.1. The summed E-state index contributed by atoms with van der Waals surface area (Å²) in [5, 5.41) is 3.53. The number of rotatable bonds is 13. The van der Waals surface area contributed by atoms with Gasteiger partial charge in [-0.2, -0.15) is 0 Å². The molecule has 0 spiro atoms. The summed E-state index contributed by atoms with van der Waals surface area (Å²) in [4.78, 5) is 30.0. The first-order valence-corrected chi connectivity index (χ1v) is 17.8. The Kier molecular flexibility index (Phi) is 11.7. The Bertz CT molecular complexity index is 1780. The molecule has 252 valence electrons. The fourth-order valence-electron chi connectivity index (χ4n) is 5.92. The van der Waals surface area contributed by atoms with Crippen molar-refractivity contribution in [3.05, 3.63) is 125 Å². The molecule has 0 saturated heterocycles. The third kappa shape index (κ3) is 8.73. The van der Waals surface area contributed by atoms with E-state index >= 15 is 4.39 Å². The molecule has 48 heavy (non-hydrogen) atoms. The molecule has 11 heteroatoms. The summed E-state index contributed by atoms with van der Waals surface area (Å²) in [7, 11) is -2.84. The molecular formula is C37H39ClFN3O5S. The van der Waals surface area contributed by atoms with E-state index in [1.165, 1.54) is 66.6 Å². The Hall–Kier alpha value is -4.41. The lowest BCUT2D eigenvalue weighted by molar-refractivity contribution is -0.140. The molecule has 0 heterocycles. The van der Waals surface area contributed by atoms with E-state index in [9.17, 15) is 18.0 Å². The molecule has 0 radical (unpaired) electrons. The molecule has 1 aliphatic rings. The number of sulfonamides is 1. The zero-order valence-corrected chi connectivity index (χ0v) is 28.3. The second-order valence-corrected chi connectivity index (χ2v) is 14.1. The van der Waals surface area contributed by atoms with Gasteiger partial charge in [0.2, 0.25) is 11.8 Å². The van der Waals surface area contributed by atoms with Crippen molar-refractivity contribution >= 4 is 39.1 Å². The van der Waals surface area contributed by atoms with E-state index in [-0.39, 0.29) is 41.1 Å². The zero-order chi connectivity index (χ0) is 34.1. The van der Waals surface area contributed by atoms with Crippen LogP contribution in [0.15, 0.2) is 108 Å². The summed E-state index contributed by atoms with van der Waals surface area (Å²) >= 11 is 6.14. The van der Waals surface area contributed by atoms with Gasteiger partial charge >= 0.3 is 0 Å². The number of ether oxygens (including phenoxy) is 1. The lowest BCUT2D eigenvalue weighted by Gasteiger charge is -2.35. The minimum atomic E-state index is -4.32. The van der Waals surface area contributed by atoms with Gasteiger partial charge in [-0.1, -0.05) is 79.4 Å². The van der Waals surface area contributed by atoms with Crippen LogP contribution in [0.2, 0.25) is 5.02 Å². The molecule has 4 aromatic carbocycles. The van der Waals surface area contributed by atoms with E-state index in [2.05, 4.69) is 5.32 Å². The fraction of sp³-hybridized carbons (Fsp3) is 0.297. The molecule has 2 amide bonds. The number of halogens is 2. The number of carbonyl (C=O) groups is 2. The third-order valence-corrected chi connectivity index (χ3v) is 10.6. The van der Waals surface area contributed by atoms with E-state index in [1.54, 1.807) is 18.2 Å². The maximum atomic E-state index is 15.1. The second-order valence-electron chi connectivity index (χ2n) is 11.8. The first-order chi connectivity index (χ1) is 23.2. The Morgan fingerprint density at radius 1 is 0.896 bits per heavy atom. The molecule has 0 unspecified atom stereocenters. The van der Waals surface area contributed by atoms with Gasteiger partial charge in [-0.05, 0) is 73.0 Å². The van der Waals surface area contributed by atoms with Crippen LogP contribution in [0.3, 0.4) is 0 Å². The molecule has 1 N–H and O–H groups in total. The Balaban J connectivity index is 1.56. The highest BCUT2D eigenvalue weighted by molar-refractivity contribution is 7.92. The van der Waals surface area contributed by atoms with Gasteiger partial charge in [-0.15, -0.1) is 0 Å². The van der Waals surface area contributed by atoms with Gasteiger partial charge in [0.05, 0.1) is 17.7 Å². The minimum absolute atomic E-state index is 0.0454. The minimum Gasteiger partial charge on any atom is -0.497 e.